The molecule has 0 saturated carbocycles. The zero-order valence-corrected chi connectivity index (χ0v) is 14.0. The maximum absolute atomic E-state index is 12.6. The number of amides is 1. The molecular weight excluding hydrogens is 292 g/mol. The Labute approximate surface area is 128 Å². The summed E-state index contributed by atoms with van der Waals surface area (Å²) in [6.07, 6.45) is 2.88. The summed E-state index contributed by atoms with van der Waals surface area (Å²) in [7, 11) is -1.88. The number of piperidine rings is 1. The van der Waals surface area contributed by atoms with E-state index >= 15 is 0 Å². The largest absolute Gasteiger partial charge is 0.354 e. The van der Waals surface area contributed by atoms with Crippen LogP contribution in [0.15, 0.2) is 0 Å². The van der Waals surface area contributed by atoms with Crippen LogP contribution in [0, 0.1) is 0 Å². The van der Waals surface area contributed by atoms with Crippen LogP contribution in [0.3, 0.4) is 0 Å². The van der Waals surface area contributed by atoms with Crippen molar-refractivity contribution < 1.29 is 13.2 Å². The predicted molar refractivity (Wildman–Crippen MR) is 82.8 cm³/mol. The fraction of sp³-hybridized carbons (Fsp3) is 0.923. The summed E-state index contributed by atoms with van der Waals surface area (Å²) in [5.41, 5.74) is 5.33. The molecule has 21 heavy (non-hydrogen) atoms. The van der Waals surface area contributed by atoms with Crippen LogP contribution in [0.25, 0.3) is 0 Å². The van der Waals surface area contributed by atoms with Gasteiger partial charge in [0.1, 0.15) is 0 Å². The van der Waals surface area contributed by atoms with Crippen molar-refractivity contribution in [1.82, 2.24) is 13.9 Å². The highest BCUT2D eigenvalue weighted by molar-refractivity contribution is 7.86. The van der Waals surface area contributed by atoms with Crippen molar-refractivity contribution in [2.75, 3.05) is 26.7 Å². The molecule has 0 spiro atoms. The molecule has 1 saturated heterocycles. The number of rotatable bonds is 7. The summed E-state index contributed by atoms with van der Waals surface area (Å²) >= 11 is 0. The molecule has 124 valence electrons. The molecule has 0 aromatic heterocycles. The number of carbonyl (C=O) groups is 1. The van der Waals surface area contributed by atoms with E-state index in [4.69, 9.17) is 5.73 Å². The lowest BCUT2D eigenvalue weighted by Crippen LogP contribution is -2.54. The molecule has 0 radical (unpaired) electrons. The highest BCUT2D eigenvalue weighted by Gasteiger charge is 2.35. The van der Waals surface area contributed by atoms with Gasteiger partial charge in [0.25, 0.3) is 10.2 Å². The molecule has 3 N–H and O–H groups in total. The van der Waals surface area contributed by atoms with E-state index < -0.39 is 10.2 Å². The molecule has 1 aliphatic rings. The second-order valence-corrected chi connectivity index (χ2v) is 7.66. The molecule has 1 aliphatic heterocycles. The van der Waals surface area contributed by atoms with Crippen LogP contribution in [0.5, 0.6) is 0 Å². The van der Waals surface area contributed by atoms with Gasteiger partial charge >= 0.3 is 0 Å². The molecule has 7 nitrogen and oxygen atoms in total. The van der Waals surface area contributed by atoms with Crippen LogP contribution in [-0.4, -0.2) is 61.7 Å². The van der Waals surface area contributed by atoms with Crippen LogP contribution in [0.2, 0.25) is 0 Å². The summed E-state index contributed by atoms with van der Waals surface area (Å²) in [6.45, 7) is 4.86. The average molecular weight is 320 g/mol. The van der Waals surface area contributed by atoms with Crippen LogP contribution >= 0.6 is 0 Å². The number of nitrogens with one attached hydrogen (secondary N) is 1. The lowest BCUT2D eigenvalue weighted by atomic mass is 10.1. The number of hydrogen-bond acceptors (Lipinski definition) is 4. The Morgan fingerprint density at radius 3 is 2.67 bits per heavy atom. The third kappa shape index (κ3) is 4.91. The molecule has 1 heterocycles. The van der Waals surface area contributed by atoms with Crippen molar-refractivity contribution in [3.05, 3.63) is 0 Å². The molecule has 0 aromatic carbocycles. The van der Waals surface area contributed by atoms with E-state index in [1.165, 1.54) is 8.61 Å². The van der Waals surface area contributed by atoms with E-state index in [0.717, 1.165) is 19.3 Å². The Morgan fingerprint density at radius 2 is 2.10 bits per heavy atom. The van der Waals surface area contributed by atoms with Gasteiger partial charge < -0.3 is 11.1 Å². The fourth-order valence-corrected chi connectivity index (χ4v) is 4.14. The summed E-state index contributed by atoms with van der Waals surface area (Å²) < 4.78 is 28.2. The number of carbonyl (C=O) groups excluding carboxylic acids is 1. The SMILES string of the molecule is CC(C)N(C)S(=O)(=O)N1CCCCC1CNC(=O)CCN. The topological polar surface area (TPSA) is 95.7 Å². The van der Waals surface area contributed by atoms with Crippen molar-refractivity contribution in [1.29, 1.82) is 0 Å². The number of nitrogens with zero attached hydrogens (tertiary/aromatic N) is 2. The van der Waals surface area contributed by atoms with Crippen molar-refractivity contribution >= 4 is 16.1 Å². The molecule has 0 aliphatic carbocycles. The monoisotopic (exact) mass is 320 g/mol. The Bertz CT molecular complexity index is 439. The third-order valence-corrected chi connectivity index (χ3v) is 6.09. The summed E-state index contributed by atoms with van der Waals surface area (Å²) in [5, 5.41) is 2.78. The molecule has 1 unspecified atom stereocenters. The van der Waals surface area contributed by atoms with E-state index in [1.54, 1.807) is 7.05 Å². The Hall–Kier alpha value is -0.700. The van der Waals surface area contributed by atoms with Crippen LogP contribution < -0.4 is 11.1 Å². The van der Waals surface area contributed by atoms with Gasteiger partial charge in [0.2, 0.25) is 5.91 Å². The second kappa shape index (κ2) is 8.07. The molecule has 1 atom stereocenters. The molecular formula is C13H28N4O3S. The highest BCUT2D eigenvalue weighted by atomic mass is 32.2. The molecule has 1 amide bonds. The van der Waals surface area contributed by atoms with E-state index in [0.29, 0.717) is 19.6 Å². The lowest BCUT2D eigenvalue weighted by Gasteiger charge is -2.38. The molecule has 1 rings (SSSR count). The highest BCUT2D eigenvalue weighted by Crippen LogP contribution is 2.22. The maximum Gasteiger partial charge on any atom is 0.282 e. The predicted octanol–water partition coefficient (Wildman–Crippen LogP) is -0.109. The summed E-state index contributed by atoms with van der Waals surface area (Å²) in [4.78, 5) is 11.5. The van der Waals surface area contributed by atoms with Gasteiger partial charge in [-0.2, -0.15) is 17.0 Å². The number of nitrogens with two attached hydrogens (primary N) is 1. The Balaban J connectivity index is 2.75. The van der Waals surface area contributed by atoms with Crippen LogP contribution in [-0.2, 0) is 15.0 Å². The van der Waals surface area contributed by atoms with Gasteiger partial charge in [-0.15, -0.1) is 0 Å². The van der Waals surface area contributed by atoms with Gasteiger partial charge in [-0.25, -0.2) is 0 Å². The quantitative estimate of drug-likeness (QED) is 0.684. The second-order valence-electron chi connectivity index (χ2n) is 5.72. The van der Waals surface area contributed by atoms with Gasteiger partial charge in [-0.1, -0.05) is 6.42 Å². The van der Waals surface area contributed by atoms with Crippen LogP contribution in [0.1, 0.15) is 39.5 Å². The Kier molecular flexibility index (Phi) is 7.05. The van der Waals surface area contributed by atoms with Crippen molar-refractivity contribution in [2.45, 2.75) is 51.6 Å². The van der Waals surface area contributed by atoms with E-state index in [-0.39, 0.29) is 24.4 Å². The van der Waals surface area contributed by atoms with Gasteiger partial charge in [-0.05, 0) is 26.7 Å². The first kappa shape index (κ1) is 18.3. The van der Waals surface area contributed by atoms with E-state index in [9.17, 15) is 13.2 Å². The van der Waals surface area contributed by atoms with Gasteiger partial charge in [0.05, 0.1) is 0 Å². The minimum absolute atomic E-state index is 0.0931. The average Bonchev–Trinajstić information content (AvgIpc) is 2.44. The minimum Gasteiger partial charge on any atom is -0.354 e. The smallest absolute Gasteiger partial charge is 0.282 e. The van der Waals surface area contributed by atoms with Gasteiger partial charge in [-0.3, -0.25) is 4.79 Å². The fourth-order valence-electron chi connectivity index (χ4n) is 2.36. The molecule has 0 aromatic rings. The van der Waals surface area contributed by atoms with E-state index in [1.807, 2.05) is 13.8 Å². The van der Waals surface area contributed by atoms with Gasteiger partial charge in [0, 0.05) is 45.2 Å². The minimum atomic E-state index is -3.48. The first-order valence-corrected chi connectivity index (χ1v) is 8.92. The maximum atomic E-state index is 12.6. The summed E-state index contributed by atoms with van der Waals surface area (Å²) in [5.74, 6) is -0.127. The third-order valence-electron chi connectivity index (χ3n) is 3.87. The molecule has 1 fully saturated rings. The zero-order valence-electron chi connectivity index (χ0n) is 13.2. The lowest BCUT2D eigenvalue weighted by molar-refractivity contribution is -0.121. The van der Waals surface area contributed by atoms with Crippen molar-refractivity contribution in [3.8, 4) is 0 Å². The van der Waals surface area contributed by atoms with Gasteiger partial charge in [0.15, 0.2) is 0 Å². The number of hydrogen-bond donors (Lipinski definition) is 2. The summed E-state index contributed by atoms with van der Waals surface area (Å²) in [6, 6.07) is -0.268. The first-order valence-electron chi connectivity index (χ1n) is 7.52. The van der Waals surface area contributed by atoms with Crippen LogP contribution in [0.4, 0.5) is 0 Å². The van der Waals surface area contributed by atoms with Crippen molar-refractivity contribution in [3.63, 3.8) is 0 Å². The van der Waals surface area contributed by atoms with Crippen molar-refractivity contribution in [2.24, 2.45) is 5.73 Å². The molecule has 8 heteroatoms. The van der Waals surface area contributed by atoms with E-state index in [2.05, 4.69) is 5.32 Å². The molecule has 0 bridgehead atoms. The zero-order chi connectivity index (χ0) is 16.0. The standard InChI is InChI=1S/C13H28N4O3S/c1-11(2)16(3)21(19,20)17-9-5-4-6-12(17)10-15-13(18)7-8-14/h11-12H,4-10,14H2,1-3H3,(H,15,18). The normalized spacial score (nSPS) is 21.0. The first-order chi connectivity index (χ1) is 9.80. The Morgan fingerprint density at radius 1 is 1.43 bits per heavy atom.